The second-order valence-corrected chi connectivity index (χ2v) is 5.84. The summed E-state index contributed by atoms with van der Waals surface area (Å²) in [5, 5.41) is 10.3. The van der Waals surface area contributed by atoms with Gasteiger partial charge in [0.25, 0.3) is 0 Å². The molecule has 0 bridgehead atoms. The summed E-state index contributed by atoms with van der Waals surface area (Å²) in [6, 6.07) is 5.91. The molecule has 0 amide bonds. The first-order valence-corrected chi connectivity index (χ1v) is 7.19. The van der Waals surface area contributed by atoms with Crippen molar-refractivity contribution in [3.05, 3.63) is 18.2 Å². The molecule has 3 nitrogen and oxygen atoms in total. The third-order valence-electron chi connectivity index (χ3n) is 3.31. The van der Waals surface area contributed by atoms with Gasteiger partial charge in [-0.25, -0.2) is 0 Å². The van der Waals surface area contributed by atoms with Crippen LogP contribution in [0.1, 0.15) is 25.7 Å². The van der Waals surface area contributed by atoms with Gasteiger partial charge in [0.15, 0.2) is 11.5 Å². The van der Waals surface area contributed by atoms with Gasteiger partial charge in [-0.1, -0.05) is 12.8 Å². The van der Waals surface area contributed by atoms with Crippen LogP contribution in [-0.4, -0.2) is 30.7 Å². The number of aliphatic hydroxyl groups is 1. The lowest BCUT2D eigenvalue weighted by Crippen LogP contribution is -2.26. The molecule has 18 heavy (non-hydrogen) atoms. The third-order valence-corrected chi connectivity index (χ3v) is 4.69. The van der Waals surface area contributed by atoms with Crippen LogP contribution in [0.4, 0.5) is 0 Å². The Balaban J connectivity index is 2.08. The molecule has 4 heteroatoms. The Bertz CT molecular complexity index is 395. The topological polar surface area (TPSA) is 38.7 Å². The summed E-state index contributed by atoms with van der Waals surface area (Å²) in [5.74, 6) is 1.49. The molecule has 1 fully saturated rings. The largest absolute Gasteiger partial charge is 0.493 e. The molecule has 0 unspecified atom stereocenters. The summed E-state index contributed by atoms with van der Waals surface area (Å²) in [7, 11) is 3.28. The first kappa shape index (κ1) is 13.6. The highest BCUT2D eigenvalue weighted by Crippen LogP contribution is 2.37. The highest BCUT2D eigenvalue weighted by Gasteiger charge is 2.24. The third kappa shape index (κ3) is 3.12. The standard InChI is InChI=1S/C14H20O3S/c1-16-12-8-7-10(9-13(12)17-2)18-14-6-4-3-5-11(14)15/h7-9,11,14-15H,3-6H2,1-2H3/t11-,14-/m1/s1. The fourth-order valence-corrected chi connectivity index (χ4v) is 3.53. The van der Waals surface area contributed by atoms with Crippen LogP contribution >= 0.6 is 11.8 Å². The second kappa shape index (κ2) is 6.34. The Labute approximate surface area is 112 Å². The van der Waals surface area contributed by atoms with Gasteiger partial charge in [-0.3, -0.25) is 0 Å². The van der Waals surface area contributed by atoms with E-state index in [4.69, 9.17) is 9.47 Å². The smallest absolute Gasteiger partial charge is 0.161 e. The average molecular weight is 268 g/mol. The van der Waals surface area contributed by atoms with Crippen molar-refractivity contribution in [3.8, 4) is 11.5 Å². The van der Waals surface area contributed by atoms with Crippen molar-refractivity contribution < 1.29 is 14.6 Å². The van der Waals surface area contributed by atoms with Crippen molar-refractivity contribution in [2.24, 2.45) is 0 Å². The quantitative estimate of drug-likeness (QED) is 0.910. The molecule has 1 aromatic rings. The first-order chi connectivity index (χ1) is 8.74. The number of thioether (sulfide) groups is 1. The van der Waals surface area contributed by atoms with E-state index >= 15 is 0 Å². The minimum Gasteiger partial charge on any atom is -0.493 e. The maximum Gasteiger partial charge on any atom is 0.161 e. The summed E-state index contributed by atoms with van der Waals surface area (Å²) < 4.78 is 10.5. The highest BCUT2D eigenvalue weighted by molar-refractivity contribution is 8.00. The van der Waals surface area contributed by atoms with Gasteiger partial charge in [-0.05, 0) is 31.0 Å². The molecule has 2 atom stereocenters. The molecule has 0 heterocycles. The predicted molar refractivity (Wildman–Crippen MR) is 73.7 cm³/mol. The van der Waals surface area contributed by atoms with Gasteiger partial charge in [0.05, 0.1) is 20.3 Å². The van der Waals surface area contributed by atoms with Crippen molar-refractivity contribution in [2.45, 2.75) is 41.9 Å². The van der Waals surface area contributed by atoms with Crippen LogP contribution in [0.25, 0.3) is 0 Å². The number of ether oxygens (including phenoxy) is 2. The van der Waals surface area contributed by atoms with Crippen LogP contribution in [0.15, 0.2) is 23.1 Å². The van der Waals surface area contributed by atoms with E-state index in [1.165, 1.54) is 6.42 Å². The van der Waals surface area contributed by atoms with Crippen molar-refractivity contribution in [3.63, 3.8) is 0 Å². The Morgan fingerprint density at radius 1 is 1.11 bits per heavy atom. The first-order valence-electron chi connectivity index (χ1n) is 6.31. The lowest BCUT2D eigenvalue weighted by Gasteiger charge is -2.27. The van der Waals surface area contributed by atoms with Gasteiger partial charge in [0.2, 0.25) is 0 Å². The van der Waals surface area contributed by atoms with E-state index in [-0.39, 0.29) is 6.10 Å². The van der Waals surface area contributed by atoms with Gasteiger partial charge in [0, 0.05) is 10.1 Å². The van der Waals surface area contributed by atoms with Crippen molar-refractivity contribution >= 4 is 11.8 Å². The molecule has 1 saturated carbocycles. The molecular formula is C14H20O3S. The molecule has 0 aromatic heterocycles. The molecule has 1 aliphatic carbocycles. The predicted octanol–water partition coefficient (Wildman–Crippen LogP) is 3.10. The van der Waals surface area contributed by atoms with E-state index in [1.54, 1.807) is 26.0 Å². The summed E-state index contributed by atoms with van der Waals surface area (Å²) in [5.41, 5.74) is 0. The highest BCUT2D eigenvalue weighted by atomic mass is 32.2. The van der Waals surface area contributed by atoms with Crippen LogP contribution in [-0.2, 0) is 0 Å². The zero-order valence-corrected chi connectivity index (χ0v) is 11.7. The van der Waals surface area contributed by atoms with E-state index in [0.717, 1.165) is 35.7 Å². The van der Waals surface area contributed by atoms with Gasteiger partial charge < -0.3 is 14.6 Å². The molecule has 0 aliphatic heterocycles. The van der Waals surface area contributed by atoms with Gasteiger partial charge in [-0.15, -0.1) is 11.8 Å². The lowest BCUT2D eigenvalue weighted by atomic mass is 9.97. The fraction of sp³-hybridized carbons (Fsp3) is 0.571. The molecule has 100 valence electrons. The van der Waals surface area contributed by atoms with Crippen LogP contribution < -0.4 is 9.47 Å². The Hall–Kier alpha value is -0.870. The van der Waals surface area contributed by atoms with Crippen LogP contribution in [0.5, 0.6) is 11.5 Å². The van der Waals surface area contributed by atoms with Crippen LogP contribution in [0, 0.1) is 0 Å². The number of benzene rings is 1. The van der Waals surface area contributed by atoms with E-state index in [1.807, 2.05) is 18.2 Å². The van der Waals surface area contributed by atoms with Gasteiger partial charge in [-0.2, -0.15) is 0 Å². The monoisotopic (exact) mass is 268 g/mol. The van der Waals surface area contributed by atoms with E-state index < -0.39 is 0 Å². The Morgan fingerprint density at radius 3 is 2.50 bits per heavy atom. The number of rotatable bonds is 4. The van der Waals surface area contributed by atoms with Crippen LogP contribution in [0.3, 0.4) is 0 Å². The minimum absolute atomic E-state index is 0.183. The van der Waals surface area contributed by atoms with E-state index in [2.05, 4.69) is 0 Å². The summed E-state index contributed by atoms with van der Waals surface area (Å²) in [4.78, 5) is 1.12. The second-order valence-electron chi connectivity index (χ2n) is 4.52. The molecule has 1 aromatic carbocycles. The molecule has 1 N–H and O–H groups in total. The van der Waals surface area contributed by atoms with E-state index in [9.17, 15) is 5.11 Å². The fourth-order valence-electron chi connectivity index (χ4n) is 2.28. The molecule has 1 aliphatic rings. The average Bonchev–Trinajstić information content (AvgIpc) is 2.41. The van der Waals surface area contributed by atoms with Crippen molar-refractivity contribution in [1.82, 2.24) is 0 Å². The molecule has 0 spiro atoms. The minimum atomic E-state index is -0.183. The van der Waals surface area contributed by atoms with E-state index in [0.29, 0.717) is 5.25 Å². The molecule has 0 saturated heterocycles. The normalized spacial score (nSPS) is 23.7. The number of methoxy groups -OCH3 is 2. The zero-order chi connectivity index (χ0) is 13.0. The maximum atomic E-state index is 9.98. The maximum absolute atomic E-state index is 9.98. The molecule has 0 radical (unpaired) electrons. The van der Waals surface area contributed by atoms with Gasteiger partial charge in [0.1, 0.15) is 0 Å². The summed E-state index contributed by atoms with van der Waals surface area (Å²) >= 11 is 1.74. The van der Waals surface area contributed by atoms with Crippen LogP contribution in [0.2, 0.25) is 0 Å². The Morgan fingerprint density at radius 2 is 1.83 bits per heavy atom. The molecular weight excluding hydrogens is 248 g/mol. The zero-order valence-electron chi connectivity index (χ0n) is 10.9. The molecule has 2 rings (SSSR count). The van der Waals surface area contributed by atoms with Gasteiger partial charge >= 0.3 is 0 Å². The summed E-state index contributed by atoms with van der Waals surface area (Å²) in [6.07, 6.45) is 4.17. The number of aliphatic hydroxyl groups excluding tert-OH is 1. The van der Waals surface area contributed by atoms with Crippen molar-refractivity contribution in [1.29, 1.82) is 0 Å². The lowest BCUT2D eigenvalue weighted by molar-refractivity contribution is 0.137. The number of hydrogen-bond donors (Lipinski definition) is 1. The summed E-state index contributed by atoms with van der Waals surface area (Å²) in [6.45, 7) is 0. The SMILES string of the molecule is COc1ccc(S[C@@H]2CCCC[C@H]2O)cc1OC. The number of hydrogen-bond acceptors (Lipinski definition) is 4. The Kier molecular flexibility index (Phi) is 4.78. The van der Waals surface area contributed by atoms with Crippen molar-refractivity contribution in [2.75, 3.05) is 14.2 Å².